The number of amides is 1. The highest BCUT2D eigenvalue weighted by atomic mass is 19.4. The fourth-order valence-electron chi connectivity index (χ4n) is 4.43. The van der Waals surface area contributed by atoms with Crippen LogP contribution in [0.1, 0.15) is 60.0 Å². The fourth-order valence-corrected chi connectivity index (χ4v) is 4.43. The minimum Gasteiger partial charge on any atom is -0.398 e. The number of hydrogen-bond acceptors (Lipinski definition) is 5. The van der Waals surface area contributed by atoms with Crippen LogP contribution in [0.5, 0.6) is 0 Å². The number of nitrogens with one attached hydrogen (secondary N) is 1. The van der Waals surface area contributed by atoms with Crippen LogP contribution in [-0.4, -0.2) is 41.2 Å². The van der Waals surface area contributed by atoms with Gasteiger partial charge in [0.2, 0.25) is 5.91 Å². The van der Waals surface area contributed by atoms with Gasteiger partial charge in [0.05, 0.1) is 5.56 Å². The number of benzene rings is 1. The number of halogens is 3. The van der Waals surface area contributed by atoms with E-state index in [9.17, 15) is 22.8 Å². The number of pyridine rings is 1. The SMILES string of the molecule is FC(F)(F)c1cccnc1.Nc1cccc(CN2CCC(C(=O)NC3CCCC3)CC2)c1C=O. The molecule has 3 N–H and O–H groups in total. The van der Waals surface area contributed by atoms with Crippen LogP contribution >= 0.6 is 0 Å². The Hall–Kier alpha value is -2.94. The van der Waals surface area contributed by atoms with Crippen molar-refractivity contribution in [3.05, 3.63) is 59.4 Å². The lowest BCUT2D eigenvalue weighted by molar-refractivity contribution is -0.137. The number of carbonyl (C=O) groups excluding carboxylic acids is 2. The Bertz CT molecular complexity index is 939. The van der Waals surface area contributed by atoms with Gasteiger partial charge in [-0.15, -0.1) is 0 Å². The van der Waals surface area contributed by atoms with Gasteiger partial charge in [-0.3, -0.25) is 19.5 Å². The van der Waals surface area contributed by atoms with Crippen molar-refractivity contribution in [1.29, 1.82) is 0 Å². The molecule has 1 saturated heterocycles. The number of nitrogens with zero attached hydrogens (tertiary/aromatic N) is 2. The van der Waals surface area contributed by atoms with Crippen molar-refractivity contribution in [1.82, 2.24) is 15.2 Å². The molecule has 1 amide bonds. The number of anilines is 1. The molecule has 2 fully saturated rings. The van der Waals surface area contributed by atoms with Crippen molar-refractivity contribution in [2.45, 2.75) is 57.3 Å². The zero-order chi connectivity index (χ0) is 24.6. The first-order valence-electron chi connectivity index (χ1n) is 11.6. The molecule has 0 unspecified atom stereocenters. The fraction of sp³-hybridized carbons (Fsp3) is 0.480. The molecule has 6 nitrogen and oxygen atoms in total. The molecule has 0 atom stereocenters. The summed E-state index contributed by atoms with van der Waals surface area (Å²) in [7, 11) is 0. The van der Waals surface area contributed by atoms with E-state index < -0.39 is 11.7 Å². The van der Waals surface area contributed by atoms with Crippen LogP contribution < -0.4 is 11.1 Å². The first-order valence-corrected chi connectivity index (χ1v) is 11.6. The van der Waals surface area contributed by atoms with Crippen molar-refractivity contribution in [2.75, 3.05) is 18.8 Å². The highest BCUT2D eigenvalue weighted by Crippen LogP contribution is 2.28. The molecular weight excluding hydrogens is 445 g/mol. The van der Waals surface area contributed by atoms with Gasteiger partial charge in [0, 0.05) is 42.1 Å². The Labute approximate surface area is 197 Å². The zero-order valence-corrected chi connectivity index (χ0v) is 19.1. The highest BCUT2D eigenvalue weighted by molar-refractivity contribution is 5.85. The molecule has 1 aromatic heterocycles. The second-order valence-electron chi connectivity index (χ2n) is 8.82. The summed E-state index contributed by atoms with van der Waals surface area (Å²) in [6.07, 6.45) is 5.18. The van der Waals surface area contributed by atoms with Gasteiger partial charge in [0.25, 0.3) is 0 Å². The number of rotatable bonds is 5. The number of aldehydes is 1. The van der Waals surface area contributed by atoms with Crippen LogP contribution in [0.4, 0.5) is 18.9 Å². The first-order chi connectivity index (χ1) is 16.3. The van der Waals surface area contributed by atoms with Gasteiger partial charge >= 0.3 is 6.18 Å². The van der Waals surface area contributed by atoms with Crippen molar-refractivity contribution < 1.29 is 22.8 Å². The molecule has 184 valence electrons. The summed E-state index contributed by atoms with van der Waals surface area (Å²) in [5.74, 6) is 0.368. The maximum atomic E-state index is 12.4. The first kappa shape index (κ1) is 25.7. The van der Waals surface area contributed by atoms with Gasteiger partial charge in [-0.05, 0) is 62.5 Å². The molecule has 0 bridgehead atoms. The van der Waals surface area contributed by atoms with Crippen molar-refractivity contribution in [3.8, 4) is 0 Å². The van der Waals surface area contributed by atoms with E-state index >= 15 is 0 Å². The smallest absolute Gasteiger partial charge is 0.398 e. The molecule has 1 saturated carbocycles. The Morgan fingerprint density at radius 1 is 1.12 bits per heavy atom. The topological polar surface area (TPSA) is 88.3 Å². The number of hydrogen-bond donors (Lipinski definition) is 2. The maximum absolute atomic E-state index is 12.4. The third-order valence-electron chi connectivity index (χ3n) is 6.39. The normalized spacial score (nSPS) is 17.6. The van der Waals surface area contributed by atoms with Crippen molar-refractivity contribution >= 4 is 17.9 Å². The average molecular weight is 477 g/mol. The van der Waals surface area contributed by atoms with Gasteiger partial charge in [0.1, 0.15) is 0 Å². The van der Waals surface area contributed by atoms with Gasteiger partial charge in [-0.25, -0.2) is 0 Å². The summed E-state index contributed by atoms with van der Waals surface area (Å²) in [6.45, 7) is 2.49. The summed E-state index contributed by atoms with van der Waals surface area (Å²) >= 11 is 0. The van der Waals surface area contributed by atoms with Crippen LogP contribution in [0.25, 0.3) is 0 Å². The van der Waals surface area contributed by atoms with E-state index in [-0.39, 0.29) is 11.8 Å². The van der Waals surface area contributed by atoms with E-state index in [1.54, 1.807) is 6.07 Å². The monoisotopic (exact) mass is 476 g/mol. The Balaban J connectivity index is 0.000000271. The van der Waals surface area contributed by atoms with E-state index in [0.717, 1.165) is 69.4 Å². The molecule has 34 heavy (non-hydrogen) atoms. The highest BCUT2D eigenvalue weighted by Gasteiger charge is 2.30. The quantitative estimate of drug-likeness (QED) is 0.492. The lowest BCUT2D eigenvalue weighted by atomic mass is 9.94. The van der Waals surface area contributed by atoms with Crippen LogP contribution in [0.2, 0.25) is 0 Å². The number of nitrogens with two attached hydrogens (primary N) is 1. The largest absolute Gasteiger partial charge is 0.417 e. The number of likely N-dealkylation sites (tertiary alicyclic amines) is 1. The third-order valence-corrected chi connectivity index (χ3v) is 6.39. The Morgan fingerprint density at radius 2 is 1.82 bits per heavy atom. The van der Waals surface area contributed by atoms with Gasteiger partial charge in [-0.2, -0.15) is 13.2 Å². The molecule has 0 spiro atoms. The van der Waals surface area contributed by atoms with Crippen molar-refractivity contribution in [3.63, 3.8) is 0 Å². The maximum Gasteiger partial charge on any atom is 0.417 e. The lowest BCUT2D eigenvalue weighted by Gasteiger charge is -2.32. The Kier molecular flexibility index (Phi) is 9.04. The average Bonchev–Trinajstić information content (AvgIpc) is 3.33. The number of piperidine rings is 1. The number of alkyl halides is 3. The van der Waals surface area contributed by atoms with Gasteiger partial charge in [-0.1, -0.05) is 25.0 Å². The van der Waals surface area contributed by atoms with Crippen LogP contribution in [0.15, 0.2) is 42.7 Å². The summed E-state index contributed by atoms with van der Waals surface area (Å²) in [4.78, 5) is 29.3. The molecule has 2 aliphatic rings. The molecule has 1 aliphatic heterocycles. The summed E-state index contributed by atoms with van der Waals surface area (Å²) in [5, 5.41) is 3.22. The minimum absolute atomic E-state index is 0.133. The molecule has 9 heteroatoms. The summed E-state index contributed by atoms with van der Waals surface area (Å²) in [6, 6.07) is 8.24. The molecular formula is C25H31F3N4O2. The van der Waals surface area contributed by atoms with E-state index in [2.05, 4.69) is 15.2 Å². The minimum atomic E-state index is -4.27. The molecule has 2 heterocycles. The van der Waals surface area contributed by atoms with Crippen molar-refractivity contribution in [2.24, 2.45) is 5.92 Å². The molecule has 4 rings (SSSR count). The molecule has 1 aromatic carbocycles. The van der Waals surface area contributed by atoms with Crippen LogP contribution in [0, 0.1) is 5.92 Å². The number of nitrogen functional groups attached to an aromatic ring is 1. The summed E-state index contributed by atoms with van der Waals surface area (Å²) < 4.78 is 35.2. The number of carbonyl (C=O) groups is 2. The second kappa shape index (κ2) is 12.0. The van der Waals surface area contributed by atoms with Gasteiger partial charge < -0.3 is 11.1 Å². The molecule has 1 aliphatic carbocycles. The molecule has 0 radical (unpaired) electrons. The van der Waals surface area contributed by atoms with E-state index in [4.69, 9.17) is 5.73 Å². The molecule has 2 aromatic rings. The van der Waals surface area contributed by atoms with Gasteiger partial charge in [0.15, 0.2) is 6.29 Å². The van der Waals surface area contributed by atoms with E-state index in [1.165, 1.54) is 25.1 Å². The lowest BCUT2D eigenvalue weighted by Crippen LogP contribution is -2.43. The zero-order valence-electron chi connectivity index (χ0n) is 19.1. The van der Waals surface area contributed by atoms with Crippen LogP contribution in [-0.2, 0) is 17.5 Å². The predicted octanol–water partition coefficient (Wildman–Crippen LogP) is 4.45. The third kappa shape index (κ3) is 7.28. The van der Waals surface area contributed by atoms with E-state index in [1.807, 2.05) is 12.1 Å². The standard InChI is InChI=1S/C19H27N3O2.C6H4F3N/c20-18-7-3-4-15(17(18)13-23)12-22-10-8-14(9-11-22)19(24)21-16-5-1-2-6-16;7-6(8,9)5-2-1-3-10-4-5/h3-4,7,13-14,16H,1-2,5-6,8-12,20H2,(H,21,24);1-4H. The summed E-state index contributed by atoms with van der Waals surface area (Å²) in [5.41, 5.74) is 7.26. The van der Waals surface area contributed by atoms with E-state index in [0.29, 0.717) is 17.3 Å². The Morgan fingerprint density at radius 3 is 2.38 bits per heavy atom. The number of aromatic nitrogens is 1. The predicted molar refractivity (Wildman–Crippen MR) is 124 cm³/mol. The van der Waals surface area contributed by atoms with Crippen LogP contribution in [0.3, 0.4) is 0 Å². The second-order valence-corrected chi connectivity index (χ2v) is 8.82.